The number of aldehydes is 2. The van der Waals surface area contributed by atoms with Gasteiger partial charge >= 0.3 is 0 Å². The number of nitrogens with zero attached hydrogens (tertiary/aromatic N) is 4. The second-order valence-electron chi connectivity index (χ2n) is 23.6. The highest BCUT2D eigenvalue weighted by Gasteiger charge is 2.48. The third-order valence-electron chi connectivity index (χ3n) is 16.3. The first-order valence-electron chi connectivity index (χ1n) is 30.1. The van der Waals surface area contributed by atoms with Crippen molar-refractivity contribution < 1.29 is 19.1 Å². The summed E-state index contributed by atoms with van der Waals surface area (Å²) in [6.07, 6.45) is -12.9. The van der Waals surface area contributed by atoms with Gasteiger partial charge in [0.1, 0.15) is 22.9 Å². The van der Waals surface area contributed by atoms with Crippen molar-refractivity contribution in [2.24, 2.45) is 14.1 Å². The number of aromatic nitrogens is 4. The monoisotopic (exact) mass is 1320 g/mol. The third kappa shape index (κ3) is 31.3. The first-order valence-corrected chi connectivity index (χ1v) is 31.7. The molecule has 0 aliphatic heterocycles. The lowest BCUT2D eigenvalue weighted by atomic mass is 8.35. The first-order chi connectivity index (χ1) is 45.0. The van der Waals surface area contributed by atoms with Crippen LogP contribution in [-0.2, 0) is 14.1 Å². The average molecular weight is 1310 g/mol. The van der Waals surface area contributed by atoms with Gasteiger partial charge in [-0.2, -0.15) is 0 Å². The summed E-state index contributed by atoms with van der Waals surface area (Å²) in [6.45, 7) is 7.46. The summed E-state index contributed by atoms with van der Waals surface area (Å²) in [5, 5.41) is 0. The van der Waals surface area contributed by atoms with E-state index in [1.165, 1.54) is 18.8 Å². The van der Waals surface area contributed by atoms with E-state index >= 15 is 0 Å². The molecule has 0 unspecified atom stereocenters. The molecule has 98 heavy (non-hydrogen) atoms. The highest BCUT2D eigenvalue weighted by atomic mass is 79.9. The molecule has 4 rings (SSSR count). The van der Waals surface area contributed by atoms with Crippen molar-refractivity contribution in [3.05, 3.63) is 100 Å². The van der Waals surface area contributed by atoms with Crippen LogP contribution in [0.4, 0.5) is 0 Å². The molecule has 4 aromatic rings. The van der Waals surface area contributed by atoms with E-state index in [2.05, 4.69) is 41.8 Å². The number of halogens is 2. The molecule has 0 N–H and O–H groups in total. The normalized spacial score (nSPS) is 9.59. The number of pyridine rings is 4. The van der Waals surface area contributed by atoms with E-state index in [1.54, 1.807) is 62.5 Å². The largest absolute Gasteiger partial charge is 0.729 e. The number of rotatable bonds is 27. The number of ether oxygens (including phenoxy) is 2. The number of hydrogen-bond donors (Lipinski definition) is 0. The van der Waals surface area contributed by atoms with Crippen molar-refractivity contribution >= 4 is 444 Å². The van der Waals surface area contributed by atoms with Crippen LogP contribution in [0.25, 0.3) is 11.1 Å². The third-order valence-corrected chi connectivity index (χ3v) is 17.5. The fraction of sp³-hybridized carbons (Fsp3) is 0.267. The maximum Gasteiger partial charge on any atom is 0.253 e. The Balaban J connectivity index is 0. The van der Waals surface area contributed by atoms with Gasteiger partial charge < -0.3 is 77.8 Å². The molecule has 0 saturated heterocycles. The standard InChI is InChI=1S/C15H16N2O3.C8H10BrNO.C7H6BrNO2.2B24.B8/c1-9-10(2)15(19)17(3)7-12(9)11-5-14(20-4)13(8-18)16-6-11;1-5-6(2)8(11)10(3)4-7(5)9;1-11-7-2-5(8)3-9-6(7)4-10;2*1-14(2)20(13)23(19(11)12)24(21(15(3)4)16(5)6)22(17(7)8)18(9)10;1-6(2)8(5)7(3)4/h5-8H,1-4H3;4H,1-3H3;2-4H,1H3;;;/q;;;-2;-1;-3. The zero-order valence-electron chi connectivity index (χ0n) is 56.9. The minimum atomic E-state index is -0.973. The summed E-state index contributed by atoms with van der Waals surface area (Å²) in [5.41, 5.74) is 5.76. The van der Waals surface area contributed by atoms with Crippen LogP contribution in [-0.4, -0.2) is 445 Å². The topological polar surface area (TPSA) is 122 Å². The number of aryl methyl sites for hydroxylation is 2. The van der Waals surface area contributed by atoms with E-state index in [9.17, 15) is 19.2 Å². The summed E-state index contributed by atoms with van der Waals surface area (Å²) in [7, 11) is 185. The molecular formula is C30H32B56Br2N4O6-6. The number of hydrogen-bond acceptors (Lipinski definition) is 8. The lowest BCUT2D eigenvalue weighted by Crippen LogP contribution is -2.84. The van der Waals surface area contributed by atoms with Crippen LogP contribution in [0.15, 0.2) is 55.5 Å². The zero-order chi connectivity index (χ0) is 77.2. The number of methoxy groups -OCH3 is 2. The van der Waals surface area contributed by atoms with Crippen molar-refractivity contribution in [2.45, 2.75) is 27.7 Å². The highest BCUT2D eigenvalue weighted by molar-refractivity contribution is 9.10. The van der Waals surface area contributed by atoms with Crippen LogP contribution in [0.2, 0.25) is 0 Å². The van der Waals surface area contributed by atoms with Gasteiger partial charge in [-0.15, -0.1) is 6.39 Å². The minimum absolute atomic E-state index is 0.0179. The van der Waals surface area contributed by atoms with Gasteiger partial charge in [0.15, 0.2) is 12.6 Å². The lowest BCUT2D eigenvalue weighted by Gasteiger charge is -2.52. The summed E-state index contributed by atoms with van der Waals surface area (Å²) in [4.78, 5) is 52.3. The average Bonchev–Trinajstić information content (AvgIpc) is 0.804. The molecule has 0 spiro atoms. The van der Waals surface area contributed by atoms with Gasteiger partial charge in [-0.05, 0) is 398 Å². The van der Waals surface area contributed by atoms with Crippen molar-refractivity contribution in [3.8, 4) is 22.6 Å². The molecule has 0 fully saturated rings. The van der Waals surface area contributed by atoms with E-state index in [4.69, 9.17) is 249 Å². The van der Waals surface area contributed by atoms with Gasteiger partial charge in [-0.3, -0.25) is 19.2 Å². The Labute approximate surface area is 655 Å². The first kappa shape index (κ1) is 99.8. The Kier molecular flexibility index (Phi) is 49.7. The van der Waals surface area contributed by atoms with Gasteiger partial charge in [0, 0.05) is 70.1 Å². The van der Waals surface area contributed by atoms with E-state index in [0.717, 1.165) is 36.8 Å². The second-order valence-corrected chi connectivity index (χ2v) is 25.3. The van der Waals surface area contributed by atoms with Crippen LogP contribution in [0.5, 0.6) is 11.5 Å². The molecule has 68 heteroatoms. The van der Waals surface area contributed by atoms with Gasteiger partial charge in [0.2, 0.25) is 0 Å². The predicted molar refractivity (Wildman–Crippen MR) is 491 cm³/mol. The van der Waals surface area contributed by atoms with E-state index in [0.29, 0.717) is 35.3 Å². The Morgan fingerprint density at radius 2 is 0.704 bits per heavy atom. The molecule has 0 atom stereocenters. The summed E-state index contributed by atoms with van der Waals surface area (Å²) in [5.74, 6) is 0.901. The van der Waals surface area contributed by atoms with E-state index < -0.39 is 160 Å². The molecule has 4 aromatic heterocycles. The highest BCUT2D eigenvalue weighted by Crippen LogP contribution is 2.28. The molecule has 10 nitrogen and oxygen atoms in total. The molecular weight excluding hydrogens is 1280 g/mol. The fourth-order valence-corrected chi connectivity index (χ4v) is 11.6. The van der Waals surface area contributed by atoms with E-state index in [1.807, 2.05) is 20.8 Å². The minimum Gasteiger partial charge on any atom is -0.729 e. The van der Waals surface area contributed by atoms with Crippen LogP contribution in [0.3, 0.4) is 0 Å². The molecule has 396 valence electrons. The Bertz CT molecular complexity index is 2970. The van der Waals surface area contributed by atoms with Crippen LogP contribution in [0.1, 0.15) is 43.2 Å². The zero-order valence-corrected chi connectivity index (χ0v) is 60.1. The molecule has 0 aliphatic carbocycles. The van der Waals surface area contributed by atoms with Crippen molar-refractivity contribution in [2.75, 3.05) is 14.2 Å². The molecule has 0 saturated carbocycles. The van der Waals surface area contributed by atoms with Crippen molar-refractivity contribution in [1.82, 2.24) is 19.1 Å². The van der Waals surface area contributed by atoms with Gasteiger partial charge in [0.25, 0.3) is 11.1 Å². The molecule has 0 amide bonds. The molecule has 68 radical (unpaired) electrons. The van der Waals surface area contributed by atoms with E-state index in [-0.39, 0.29) is 16.8 Å². The maximum atomic E-state index is 11.9. The number of carbonyl (C=O) groups is 2. The van der Waals surface area contributed by atoms with Crippen molar-refractivity contribution in [1.29, 1.82) is 0 Å². The lowest BCUT2D eigenvalue weighted by molar-refractivity contribution is 0.110. The fourth-order valence-electron chi connectivity index (χ4n) is 10.7. The summed E-state index contributed by atoms with van der Waals surface area (Å²) in [6, 6.07) is 3.44. The smallest absolute Gasteiger partial charge is 0.253 e. The van der Waals surface area contributed by atoms with Crippen molar-refractivity contribution in [3.63, 3.8) is 0 Å². The Morgan fingerprint density at radius 3 is 0.990 bits per heavy atom. The van der Waals surface area contributed by atoms with Crippen LogP contribution < -0.4 is 20.6 Å². The molecule has 0 aromatic carbocycles. The van der Waals surface area contributed by atoms with Crippen LogP contribution in [0, 0.1) is 27.7 Å². The second kappa shape index (κ2) is 48.8. The SMILES string of the molecule is COc1cc(-c2cn(C)c(=O)c(C)c2C)cnc1C=O.COc1cc(Br)cnc1C=O.Cc1c(Br)cn(C)c(=O)c1C.[B]B([B-])B([B])B([B-])[B-].[B]B([B])B(B([B])[B])B(B(B([B])[B])B([B])[B])B(B([B])[B])B([B])B([B-])[B-].[B]B([B])B(B([B])[B])B(B(B([B])[B])B([B])[B])B(B([B])[B])B([B])B([B])[B-]. The van der Waals surface area contributed by atoms with Gasteiger partial charge in [-0.1, -0.05) is 6.39 Å². The molecule has 0 aliphatic rings. The van der Waals surface area contributed by atoms with Gasteiger partial charge in [-0.25, -0.2) is 22.7 Å². The maximum absolute atomic E-state index is 11.9. The summed E-state index contributed by atoms with van der Waals surface area (Å²) >= 11 is 6.58. The molecule has 0 bridgehead atoms. The summed E-state index contributed by atoms with van der Waals surface area (Å²) < 4.78 is 14.9. The Hall–Kier alpha value is -0.264. The Morgan fingerprint density at radius 1 is 0.408 bits per heavy atom. The number of carbonyl (C=O) groups excluding carboxylic acids is 2. The predicted octanol–water partition coefficient (Wildman–Crippen LogP) is -16.0. The quantitative estimate of drug-likeness (QED) is 0.0427. The molecule has 4 heterocycles. The van der Waals surface area contributed by atoms with Gasteiger partial charge in [0.05, 0.1) is 14.2 Å². The van der Waals surface area contributed by atoms with Crippen LogP contribution >= 0.6 is 31.9 Å².